The van der Waals surface area contributed by atoms with E-state index in [2.05, 4.69) is 4.74 Å². The highest BCUT2D eigenvalue weighted by atomic mass is 19.4. The molecule has 1 rings (SSSR count). The van der Waals surface area contributed by atoms with Crippen molar-refractivity contribution in [1.29, 1.82) is 0 Å². The molecule has 0 aliphatic heterocycles. The molecule has 0 radical (unpaired) electrons. The maximum atomic E-state index is 12.6. The molecule has 3 nitrogen and oxygen atoms in total. The summed E-state index contributed by atoms with van der Waals surface area (Å²) < 4.78 is 64.3. The van der Waals surface area contributed by atoms with Crippen molar-refractivity contribution < 1.29 is 36.7 Å². The lowest BCUT2D eigenvalue weighted by atomic mass is 9.77. The van der Waals surface area contributed by atoms with Gasteiger partial charge in [0.1, 0.15) is 5.75 Å². The number of hydrogen-bond acceptors (Lipinski definition) is 3. The first kappa shape index (κ1) is 13.7. The molecule has 0 aliphatic carbocycles. The van der Waals surface area contributed by atoms with Gasteiger partial charge >= 0.3 is 13.5 Å². The van der Waals surface area contributed by atoms with Crippen LogP contribution in [0.1, 0.15) is 12.0 Å². The number of benzene rings is 1. The second kappa shape index (κ2) is 4.88. The quantitative estimate of drug-likeness (QED) is 0.631. The molecular formula is C8H6BF5O3. The van der Waals surface area contributed by atoms with Gasteiger partial charge in [0.15, 0.2) is 0 Å². The molecular weight excluding hydrogens is 250 g/mol. The van der Waals surface area contributed by atoms with Crippen LogP contribution in [0.5, 0.6) is 5.75 Å². The van der Waals surface area contributed by atoms with Gasteiger partial charge in [-0.2, -0.15) is 0 Å². The first-order valence-electron chi connectivity index (χ1n) is 4.25. The first-order valence-corrected chi connectivity index (χ1v) is 4.25. The smallest absolute Gasteiger partial charge is 0.423 e. The van der Waals surface area contributed by atoms with Crippen LogP contribution >= 0.6 is 0 Å². The van der Waals surface area contributed by atoms with Crippen LogP contribution in [0, 0.1) is 0 Å². The van der Waals surface area contributed by atoms with Gasteiger partial charge in [0.05, 0.1) is 5.56 Å². The van der Waals surface area contributed by atoms with Gasteiger partial charge in [0, 0.05) is 0 Å². The summed E-state index contributed by atoms with van der Waals surface area (Å²) in [6.45, 7) is 0. The molecule has 1 aromatic carbocycles. The van der Waals surface area contributed by atoms with Crippen LogP contribution in [0.4, 0.5) is 22.0 Å². The topological polar surface area (TPSA) is 49.7 Å². The van der Waals surface area contributed by atoms with Crippen molar-refractivity contribution in [3.05, 3.63) is 23.8 Å². The van der Waals surface area contributed by atoms with Crippen LogP contribution in [0.15, 0.2) is 18.2 Å². The minimum Gasteiger partial charge on any atom is -0.423 e. The zero-order chi connectivity index (χ0) is 13.2. The largest absolute Gasteiger partial charge is 0.573 e. The molecule has 0 aromatic heterocycles. The van der Waals surface area contributed by atoms with E-state index in [1.165, 1.54) is 0 Å². The van der Waals surface area contributed by atoms with E-state index in [-0.39, 0.29) is 0 Å². The van der Waals surface area contributed by atoms with Gasteiger partial charge < -0.3 is 14.8 Å². The summed E-state index contributed by atoms with van der Waals surface area (Å²) in [6.07, 6.45) is -8.46. The molecule has 0 saturated heterocycles. The minimum atomic E-state index is -5.14. The predicted molar refractivity (Wildman–Crippen MR) is 47.9 cm³/mol. The van der Waals surface area contributed by atoms with Crippen molar-refractivity contribution in [2.75, 3.05) is 0 Å². The van der Waals surface area contributed by atoms with Crippen molar-refractivity contribution >= 4 is 12.6 Å². The Kier molecular flexibility index (Phi) is 3.94. The summed E-state index contributed by atoms with van der Waals surface area (Å²) in [7, 11) is -2.31. The van der Waals surface area contributed by atoms with Crippen LogP contribution in [0.2, 0.25) is 0 Å². The van der Waals surface area contributed by atoms with Crippen LogP contribution < -0.4 is 10.2 Å². The predicted octanol–water partition coefficient (Wildman–Crippen LogP) is 1.20. The lowest BCUT2D eigenvalue weighted by Gasteiger charge is -2.15. The molecule has 0 saturated carbocycles. The third kappa shape index (κ3) is 3.57. The fraction of sp³-hybridized carbons (Fsp3) is 0.250. The number of alkyl halides is 5. The average Bonchev–Trinajstić information content (AvgIpc) is 2.14. The highest BCUT2D eigenvalue weighted by Crippen LogP contribution is 2.31. The molecule has 94 valence electrons. The molecule has 9 heteroatoms. The summed E-state index contributed by atoms with van der Waals surface area (Å²) in [5.74, 6) is -1.15. The van der Waals surface area contributed by atoms with Crippen molar-refractivity contribution in [1.82, 2.24) is 0 Å². The monoisotopic (exact) mass is 256 g/mol. The minimum absolute atomic E-state index is 0.668. The molecule has 0 fully saturated rings. The van der Waals surface area contributed by atoms with Gasteiger partial charge in [-0.3, -0.25) is 0 Å². The third-order valence-corrected chi connectivity index (χ3v) is 1.82. The lowest BCUT2D eigenvalue weighted by molar-refractivity contribution is -0.275. The molecule has 0 atom stereocenters. The van der Waals surface area contributed by atoms with Crippen molar-refractivity contribution in [3.8, 4) is 5.75 Å². The zero-order valence-electron chi connectivity index (χ0n) is 8.08. The van der Waals surface area contributed by atoms with Gasteiger partial charge in [-0.05, 0) is 11.5 Å². The number of halogens is 5. The van der Waals surface area contributed by atoms with Crippen LogP contribution in [0.25, 0.3) is 0 Å². The first-order chi connectivity index (χ1) is 7.72. The SMILES string of the molecule is OB(O)c1cccc(OC(F)(F)F)c1C(F)F. The van der Waals surface area contributed by atoms with E-state index in [4.69, 9.17) is 10.0 Å². The number of hydrogen-bond donors (Lipinski definition) is 2. The van der Waals surface area contributed by atoms with E-state index in [0.717, 1.165) is 12.1 Å². The molecule has 17 heavy (non-hydrogen) atoms. The van der Waals surface area contributed by atoms with Gasteiger partial charge in [-0.15, -0.1) is 13.2 Å². The Hall–Kier alpha value is -1.35. The Morgan fingerprint density at radius 2 is 1.76 bits per heavy atom. The lowest BCUT2D eigenvalue weighted by Crippen LogP contribution is -2.34. The number of ether oxygens (including phenoxy) is 1. The summed E-state index contributed by atoms with van der Waals surface area (Å²) in [4.78, 5) is 0. The molecule has 0 aliphatic rings. The Morgan fingerprint density at radius 3 is 2.18 bits per heavy atom. The van der Waals surface area contributed by atoms with E-state index in [9.17, 15) is 22.0 Å². The van der Waals surface area contributed by atoms with Crippen molar-refractivity contribution in [2.24, 2.45) is 0 Å². The summed E-state index contributed by atoms with van der Waals surface area (Å²) >= 11 is 0. The molecule has 2 N–H and O–H groups in total. The van der Waals surface area contributed by atoms with Gasteiger partial charge in [0.2, 0.25) is 0 Å². The molecule has 0 spiro atoms. The summed E-state index contributed by atoms with van der Waals surface area (Å²) in [6, 6.07) is 2.48. The van der Waals surface area contributed by atoms with Crippen molar-refractivity contribution in [3.63, 3.8) is 0 Å². The van der Waals surface area contributed by atoms with E-state index in [1.807, 2.05) is 0 Å². The Morgan fingerprint density at radius 1 is 1.18 bits per heavy atom. The highest BCUT2D eigenvalue weighted by Gasteiger charge is 2.35. The second-order valence-corrected chi connectivity index (χ2v) is 2.98. The van der Waals surface area contributed by atoms with Gasteiger partial charge in [-0.25, -0.2) is 8.78 Å². The van der Waals surface area contributed by atoms with Crippen molar-refractivity contribution in [2.45, 2.75) is 12.8 Å². The molecule has 1 aromatic rings. The van der Waals surface area contributed by atoms with Crippen LogP contribution in [-0.2, 0) is 0 Å². The third-order valence-electron chi connectivity index (χ3n) is 1.82. The molecule has 0 bridgehead atoms. The molecule has 0 unspecified atom stereocenters. The molecule has 0 heterocycles. The van der Waals surface area contributed by atoms with E-state index in [1.54, 1.807) is 0 Å². The van der Waals surface area contributed by atoms with E-state index in [0.29, 0.717) is 6.07 Å². The molecule has 0 amide bonds. The van der Waals surface area contributed by atoms with Gasteiger partial charge in [-0.1, -0.05) is 12.1 Å². The fourth-order valence-electron chi connectivity index (χ4n) is 1.23. The maximum absolute atomic E-state index is 12.6. The maximum Gasteiger partial charge on any atom is 0.573 e. The standard InChI is InChI=1S/C8H6BF5O3/c10-7(11)6-4(9(15)16)2-1-3-5(6)17-8(12,13)14/h1-3,7,15-16H. The highest BCUT2D eigenvalue weighted by molar-refractivity contribution is 6.59. The number of rotatable bonds is 3. The summed E-state index contributed by atoms with van der Waals surface area (Å²) in [5.41, 5.74) is -1.93. The Balaban J connectivity index is 3.25. The van der Waals surface area contributed by atoms with Gasteiger partial charge in [0.25, 0.3) is 6.43 Å². The Labute approximate surface area is 92.6 Å². The Bertz CT molecular complexity index is 393. The zero-order valence-corrected chi connectivity index (χ0v) is 8.08. The summed E-state index contributed by atoms with van der Waals surface area (Å²) in [5, 5.41) is 17.5. The normalized spacial score (nSPS) is 11.8. The van der Waals surface area contributed by atoms with E-state index >= 15 is 0 Å². The fourth-order valence-corrected chi connectivity index (χ4v) is 1.23. The van der Waals surface area contributed by atoms with Crippen LogP contribution in [-0.4, -0.2) is 23.5 Å². The van der Waals surface area contributed by atoms with E-state index < -0.39 is 36.7 Å². The second-order valence-electron chi connectivity index (χ2n) is 2.98. The van der Waals surface area contributed by atoms with Crippen LogP contribution in [0.3, 0.4) is 0 Å². The average molecular weight is 256 g/mol.